The lowest BCUT2D eigenvalue weighted by molar-refractivity contribution is -0.141. The Balaban J connectivity index is 1.36. The van der Waals surface area contributed by atoms with Gasteiger partial charge in [0, 0.05) is 43.4 Å². The van der Waals surface area contributed by atoms with Crippen molar-refractivity contribution < 1.29 is 9.32 Å². The molecule has 2 aromatic heterocycles. The number of nitrogens with zero attached hydrogens (tertiary/aromatic N) is 4. The number of aryl methyl sites for hydroxylation is 1. The Kier molecular flexibility index (Phi) is 5.36. The number of hydrogen-bond donors (Lipinski definition) is 0. The van der Waals surface area contributed by atoms with Crippen molar-refractivity contribution in [1.82, 2.24) is 19.9 Å². The van der Waals surface area contributed by atoms with Crippen LogP contribution in [-0.2, 0) is 24.2 Å². The van der Waals surface area contributed by atoms with Crippen molar-refractivity contribution in [2.45, 2.75) is 51.6 Å². The van der Waals surface area contributed by atoms with Crippen LogP contribution in [-0.4, -0.2) is 51.5 Å². The van der Waals surface area contributed by atoms with E-state index in [1.165, 1.54) is 4.88 Å². The third-order valence-electron chi connectivity index (χ3n) is 5.58. The van der Waals surface area contributed by atoms with Crippen molar-refractivity contribution in [2.24, 2.45) is 5.92 Å². The van der Waals surface area contributed by atoms with Gasteiger partial charge in [-0.1, -0.05) is 18.1 Å². The van der Waals surface area contributed by atoms with Gasteiger partial charge in [0.15, 0.2) is 5.82 Å². The van der Waals surface area contributed by atoms with Crippen molar-refractivity contribution in [3.63, 3.8) is 0 Å². The first kappa shape index (κ1) is 17.7. The zero-order valence-corrected chi connectivity index (χ0v) is 16.1. The zero-order valence-electron chi connectivity index (χ0n) is 15.3. The van der Waals surface area contributed by atoms with E-state index in [4.69, 9.17) is 4.52 Å². The lowest BCUT2D eigenvalue weighted by Crippen LogP contribution is -2.56. The minimum Gasteiger partial charge on any atom is -0.339 e. The minimum atomic E-state index is 0.335. The fraction of sp³-hybridized carbons (Fsp3) is 0.632. The number of likely N-dealkylation sites (tertiary alicyclic amines) is 2. The van der Waals surface area contributed by atoms with Crippen LogP contribution in [0.1, 0.15) is 42.8 Å². The first-order valence-electron chi connectivity index (χ1n) is 9.58. The van der Waals surface area contributed by atoms with Crippen LogP contribution in [0.25, 0.3) is 0 Å². The van der Waals surface area contributed by atoms with E-state index in [0.29, 0.717) is 30.2 Å². The predicted molar refractivity (Wildman–Crippen MR) is 99.8 cm³/mol. The van der Waals surface area contributed by atoms with E-state index in [9.17, 15) is 4.79 Å². The molecule has 7 heteroatoms. The molecule has 0 aliphatic carbocycles. The molecule has 140 valence electrons. The second kappa shape index (κ2) is 7.88. The molecule has 2 aromatic rings. The van der Waals surface area contributed by atoms with Crippen LogP contribution in [0.4, 0.5) is 0 Å². The van der Waals surface area contributed by atoms with Crippen molar-refractivity contribution in [2.75, 3.05) is 19.6 Å². The van der Waals surface area contributed by atoms with Gasteiger partial charge in [-0.2, -0.15) is 4.98 Å². The van der Waals surface area contributed by atoms with Crippen LogP contribution in [0.3, 0.4) is 0 Å². The lowest BCUT2D eigenvalue weighted by atomic mass is 9.83. The van der Waals surface area contributed by atoms with Gasteiger partial charge in [0.25, 0.3) is 0 Å². The molecule has 1 amide bonds. The molecule has 2 aliphatic heterocycles. The van der Waals surface area contributed by atoms with E-state index in [2.05, 4.69) is 37.5 Å². The van der Waals surface area contributed by atoms with Gasteiger partial charge < -0.3 is 9.42 Å². The Morgan fingerprint density at radius 2 is 2.31 bits per heavy atom. The number of rotatable bonds is 6. The summed E-state index contributed by atoms with van der Waals surface area (Å²) in [5.41, 5.74) is 0. The van der Waals surface area contributed by atoms with Gasteiger partial charge in [0.2, 0.25) is 11.8 Å². The highest BCUT2D eigenvalue weighted by Gasteiger charge is 2.39. The molecule has 0 saturated carbocycles. The molecular formula is C19H26N4O2S. The zero-order chi connectivity index (χ0) is 17.9. The number of fused-ring (bicyclic) bond motifs is 1. The molecule has 4 rings (SSSR count). The second-order valence-electron chi connectivity index (χ2n) is 7.26. The van der Waals surface area contributed by atoms with E-state index in [-0.39, 0.29) is 0 Å². The topological polar surface area (TPSA) is 62.5 Å². The monoisotopic (exact) mass is 374 g/mol. The number of carbonyl (C=O) groups excluding carboxylic acids is 1. The van der Waals surface area contributed by atoms with Gasteiger partial charge in [0.05, 0.1) is 6.54 Å². The summed E-state index contributed by atoms with van der Waals surface area (Å²) in [5.74, 6) is 2.38. The van der Waals surface area contributed by atoms with Gasteiger partial charge in [-0.05, 0) is 36.6 Å². The van der Waals surface area contributed by atoms with Gasteiger partial charge in [-0.25, -0.2) is 0 Å². The third-order valence-corrected chi connectivity index (χ3v) is 6.52. The summed E-state index contributed by atoms with van der Waals surface area (Å²) in [7, 11) is 0. The highest BCUT2D eigenvalue weighted by molar-refractivity contribution is 7.09. The summed E-state index contributed by atoms with van der Waals surface area (Å²) in [6.07, 6.45) is 4.47. The van der Waals surface area contributed by atoms with Crippen LogP contribution >= 0.6 is 11.3 Å². The molecule has 0 unspecified atom stereocenters. The fourth-order valence-electron chi connectivity index (χ4n) is 4.24. The Labute approximate surface area is 158 Å². The van der Waals surface area contributed by atoms with Crippen molar-refractivity contribution >= 4 is 17.2 Å². The maximum absolute atomic E-state index is 12.5. The van der Waals surface area contributed by atoms with Gasteiger partial charge in [-0.3, -0.25) is 9.69 Å². The van der Waals surface area contributed by atoms with Crippen LogP contribution in [0.15, 0.2) is 22.0 Å². The molecule has 2 aliphatic rings. The fourth-order valence-corrected chi connectivity index (χ4v) is 4.94. The number of carbonyl (C=O) groups is 1. The van der Waals surface area contributed by atoms with Gasteiger partial charge in [0.1, 0.15) is 0 Å². The number of hydrogen-bond acceptors (Lipinski definition) is 6. The molecule has 0 spiro atoms. The maximum atomic E-state index is 12.5. The maximum Gasteiger partial charge on any atom is 0.226 e. The number of thiophene rings is 1. The van der Waals surface area contributed by atoms with Gasteiger partial charge >= 0.3 is 0 Å². The first-order valence-corrected chi connectivity index (χ1v) is 10.5. The van der Waals surface area contributed by atoms with Crippen LogP contribution in [0.2, 0.25) is 0 Å². The molecule has 2 atom stereocenters. The molecule has 26 heavy (non-hydrogen) atoms. The van der Waals surface area contributed by atoms with Crippen LogP contribution in [0.5, 0.6) is 0 Å². The number of piperidine rings is 2. The van der Waals surface area contributed by atoms with Crippen molar-refractivity contribution in [3.05, 3.63) is 34.1 Å². The molecule has 0 N–H and O–H groups in total. The average Bonchev–Trinajstić information content (AvgIpc) is 3.32. The van der Waals surface area contributed by atoms with Crippen LogP contribution < -0.4 is 0 Å². The standard InChI is InChI=1S/C19H26N4O2S/c1-2-18-20-17(21-25-18)13-22-9-8-16-14(12-22)5-6-19(24)23(16)10-7-15-4-3-11-26-15/h3-4,11,14,16H,2,5-10,12-13H2,1H3/t14-,16+/m0/s1. The minimum absolute atomic E-state index is 0.335. The summed E-state index contributed by atoms with van der Waals surface area (Å²) in [4.78, 5) is 22.9. The highest BCUT2D eigenvalue weighted by Crippen LogP contribution is 2.32. The predicted octanol–water partition coefficient (Wildman–Crippen LogP) is 2.75. The SMILES string of the molecule is CCc1nc(CN2CC[C@@H]3[C@@H](CCC(=O)N3CCc3cccs3)C2)no1. The molecule has 0 aromatic carbocycles. The van der Waals surface area contributed by atoms with E-state index in [0.717, 1.165) is 57.7 Å². The van der Waals surface area contributed by atoms with E-state index in [1.807, 2.05) is 6.92 Å². The lowest BCUT2D eigenvalue weighted by Gasteiger charge is -2.47. The summed E-state index contributed by atoms with van der Waals surface area (Å²) >= 11 is 1.78. The van der Waals surface area contributed by atoms with E-state index < -0.39 is 0 Å². The molecule has 2 saturated heterocycles. The van der Waals surface area contributed by atoms with Gasteiger partial charge in [-0.15, -0.1) is 11.3 Å². The Morgan fingerprint density at radius 3 is 3.08 bits per heavy atom. The Hall–Kier alpha value is -1.73. The van der Waals surface area contributed by atoms with Crippen LogP contribution in [0, 0.1) is 5.92 Å². The molecular weight excluding hydrogens is 348 g/mol. The number of amides is 1. The summed E-state index contributed by atoms with van der Waals surface area (Å²) in [5, 5.41) is 6.19. The summed E-state index contributed by atoms with van der Waals surface area (Å²) in [6, 6.07) is 4.64. The smallest absolute Gasteiger partial charge is 0.226 e. The van der Waals surface area contributed by atoms with E-state index in [1.54, 1.807) is 11.3 Å². The largest absolute Gasteiger partial charge is 0.339 e. The van der Waals surface area contributed by atoms with Crippen molar-refractivity contribution in [1.29, 1.82) is 0 Å². The average molecular weight is 375 g/mol. The molecule has 4 heterocycles. The first-order chi connectivity index (χ1) is 12.7. The molecule has 6 nitrogen and oxygen atoms in total. The third kappa shape index (κ3) is 3.83. The highest BCUT2D eigenvalue weighted by atomic mass is 32.1. The molecule has 2 fully saturated rings. The number of aromatic nitrogens is 2. The Morgan fingerprint density at radius 1 is 1.38 bits per heavy atom. The summed E-state index contributed by atoms with van der Waals surface area (Å²) < 4.78 is 5.22. The molecule has 0 bridgehead atoms. The summed E-state index contributed by atoms with van der Waals surface area (Å²) in [6.45, 7) is 5.62. The normalized spacial score (nSPS) is 24.0. The Bertz CT molecular complexity index is 730. The second-order valence-corrected chi connectivity index (χ2v) is 8.30. The molecule has 0 radical (unpaired) electrons. The van der Waals surface area contributed by atoms with E-state index >= 15 is 0 Å². The quantitative estimate of drug-likeness (QED) is 0.778. The van der Waals surface area contributed by atoms with Crippen molar-refractivity contribution in [3.8, 4) is 0 Å².